The van der Waals surface area contributed by atoms with Crippen molar-refractivity contribution in [3.63, 3.8) is 0 Å². The highest BCUT2D eigenvalue weighted by molar-refractivity contribution is 7.90. The molecule has 1 aliphatic heterocycles. The largest absolute Gasteiger partial charge is 0.381 e. The van der Waals surface area contributed by atoms with Crippen molar-refractivity contribution in [3.8, 4) is 0 Å². The molecule has 0 radical (unpaired) electrons. The third-order valence-electron chi connectivity index (χ3n) is 2.05. The van der Waals surface area contributed by atoms with E-state index in [1.54, 1.807) is 0 Å². The Morgan fingerprint density at radius 3 is 2.50 bits per heavy atom. The molecular formula is C7H13ClO3S. The fraction of sp³-hybridized carbons (Fsp3) is 1.00. The Kier molecular flexibility index (Phi) is 3.37. The molecule has 5 heteroatoms. The van der Waals surface area contributed by atoms with Gasteiger partial charge in [-0.15, -0.1) is 11.6 Å². The lowest BCUT2D eigenvalue weighted by Crippen LogP contribution is -2.22. The highest BCUT2D eigenvalue weighted by Crippen LogP contribution is 2.23. The van der Waals surface area contributed by atoms with Crippen LogP contribution in [0.5, 0.6) is 0 Å². The smallest absolute Gasteiger partial charge is 0.147 e. The van der Waals surface area contributed by atoms with Crippen LogP contribution in [-0.2, 0) is 14.6 Å². The number of hydrogen-bond acceptors (Lipinski definition) is 3. The van der Waals surface area contributed by atoms with Crippen molar-refractivity contribution in [2.24, 2.45) is 11.8 Å². The molecule has 12 heavy (non-hydrogen) atoms. The molecule has 0 aliphatic carbocycles. The van der Waals surface area contributed by atoms with E-state index in [2.05, 4.69) is 0 Å². The van der Waals surface area contributed by atoms with Crippen molar-refractivity contribution in [1.29, 1.82) is 0 Å². The van der Waals surface area contributed by atoms with Gasteiger partial charge in [-0.05, 0) is 0 Å². The van der Waals surface area contributed by atoms with Crippen LogP contribution < -0.4 is 0 Å². The normalized spacial score (nSPS) is 30.8. The van der Waals surface area contributed by atoms with Gasteiger partial charge in [-0.3, -0.25) is 0 Å². The van der Waals surface area contributed by atoms with E-state index in [9.17, 15) is 8.42 Å². The van der Waals surface area contributed by atoms with Crippen LogP contribution in [0.25, 0.3) is 0 Å². The predicted octanol–water partition coefficient (Wildman–Crippen LogP) is 0.532. The molecule has 1 aliphatic rings. The van der Waals surface area contributed by atoms with Crippen molar-refractivity contribution in [1.82, 2.24) is 0 Å². The molecule has 0 bridgehead atoms. The molecule has 3 nitrogen and oxygen atoms in total. The first kappa shape index (κ1) is 10.3. The van der Waals surface area contributed by atoms with Gasteiger partial charge in [0.2, 0.25) is 0 Å². The Labute approximate surface area is 78.0 Å². The first-order valence-corrected chi connectivity index (χ1v) is 6.44. The third kappa shape index (κ3) is 2.92. The van der Waals surface area contributed by atoms with Gasteiger partial charge in [0.05, 0.1) is 19.0 Å². The molecule has 1 saturated heterocycles. The summed E-state index contributed by atoms with van der Waals surface area (Å²) in [6, 6.07) is 0. The molecule has 0 aromatic rings. The van der Waals surface area contributed by atoms with Gasteiger partial charge in [0.25, 0.3) is 0 Å². The van der Waals surface area contributed by atoms with E-state index in [4.69, 9.17) is 16.3 Å². The predicted molar refractivity (Wildman–Crippen MR) is 48.2 cm³/mol. The molecule has 0 aromatic heterocycles. The van der Waals surface area contributed by atoms with E-state index in [1.807, 2.05) is 0 Å². The van der Waals surface area contributed by atoms with Gasteiger partial charge in [-0.25, -0.2) is 8.42 Å². The second-order valence-electron chi connectivity index (χ2n) is 3.30. The monoisotopic (exact) mass is 212 g/mol. The maximum Gasteiger partial charge on any atom is 0.147 e. The summed E-state index contributed by atoms with van der Waals surface area (Å²) in [6.45, 7) is 1.13. The van der Waals surface area contributed by atoms with Gasteiger partial charge in [0.15, 0.2) is 0 Å². The zero-order valence-corrected chi connectivity index (χ0v) is 8.57. The van der Waals surface area contributed by atoms with Crippen LogP contribution in [0.3, 0.4) is 0 Å². The molecule has 0 aromatic carbocycles. The molecule has 1 rings (SSSR count). The molecule has 1 heterocycles. The van der Waals surface area contributed by atoms with Crippen molar-refractivity contribution < 1.29 is 13.2 Å². The van der Waals surface area contributed by atoms with Gasteiger partial charge in [-0.2, -0.15) is 0 Å². The molecule has 1 fully saturated rings. The fourth-order valence-corrected chi connectivity index (χ4v) is 2.87. The molecule has 0 unspecified atom stereocenters. The lowest BCUT2D eigenvalue weighted by molar-refractivity contribution is 0.183. The van der Waals surface area contributed by atoms with Crippen LogP contribution in [-0.4, -0.2) is 39.5 Å². The highest BCUT2D eigenvalue weighted by Gasteiger charge is 2.29. The van der Waals surface area contributed by atoms with Crippen LogP contribution in [0.15, 0.2) is 0 Å². The number of sulfone groups is 1. The Hall–Kier alpha value is 0.200. The second kappa shape index (κ2) is 3.94. The van der Waals surface area contributed by atoms with Crippen LogP contribution in [0.1, 0.15) is 0 Å². The average molecular weight is 213 g/mol. The van der Waals surface area contributed by atoms with Crippen molar-refractivity contribution in [2.75, 3.05) is 31.1 Å². The Morgan fingerprint density at radius 1 is 1.42 bits per heavy atom. The molecule has 0 spiro atoms. The van der Waals surface area contributed by atoms with Crippen LogP contribution in [0.4, 0.5) is 0 Å². The number of rotatable bonds is 3. The average Bonchev–Trinajstić information content (AvgIpc) is 2.31. The number of alkyl halides is 1. The molecule has 0 N–H and O–H groups in total. The van der Waals surface area contributed by atoms with Gasteiger partial charge in [-0.1, -0.05) is 0 Å². The fourth-order valence-electron chi connectivity index (χ4n) is 1.39. The lowest BCUT2D eigenvalue weighted by atomic mass is 10.0. The maximum atomic E-state index is 11.0. The molecule has 2 atom stereocenters. The minimum Gasteiger partial charge on any atom is -0.381 e. The van der Waals surface area contributed by atoms with E-state index < -0.39 is 9.84 Å². The third-order valence-corrected chi connectivity index (χ3v) is 3.48. The highest BCUT2D eigenvalue weighted by atomic mass is 35.5. The number of halogens is 1. The first-order valence-electron chi connectivity index (χ1n) is 3.84. The van der Waals surface area contributed by atoms with Gasteiger partial charge < -0.3 is 4.74 Å². The minimum atomic E-state index is -2.89. The first-order chi connectivity index (χ1) is 5.53. The summed E-state index contributed by atoms with van der Waals surface area (Å²) < 4.78 is 27.1. The zero-order valence-electron chi connectivity index (χ0n) is 6.99. The van der Waals surface area contributed by atoms with E-state index in [0.29, 0.717) is 19.1 Å². The Balaban J connectivity index is 2.52. The zero-order chi connectivity index (χ0) is 9.19. The van der Waals surface area contributed by atoms with Gasteiger partial charge in [0, 0.05) is 24.0 Å². The number of ether oxygens (including phenoxy) is 1. The van der Waals surface area contributed by atoms with Crippen LogP contribution in [0.2, 0.25) is 0 Å². The van der Waals surface area contributed by atoms with Crippen molar-refractivity contribution in [3.05, 3.63) is 0 Å². The number of hydrogen-bond donors (Lipinski definition) is 0. The van der Waals surface area contributed by atoms with Crippen LogP contribution in [0, 0.1) is 11.8 Å². The summed E-state index contributed by atoms with van der Waals surface area (Å²) in [6.07, 6.45) is 1.25. The summed E-state index contributed by atoms with van der Waals surface area (Å²) in [5, 5.41) is 0. The van der Waals surface area contributed by atoms with Crippen molar-refractivity contribution in [2.45, 2.75) is 0 Å². The Morgan fingerprint density at radius 2 is 2.00 bits per heavy atom. The maximum absolute atomic E-state index is 11.0. The summed E-state index contributed by atoms with van der Waals surface area (Å²) in [5.41, 5.74) is 0. The topological polar surface area (TPSA) is 43.4 Å². The SMILES string of the molecule is CS(=O)(=O)C[C@@H]1COC[C@@H]1CCl. The summed E-state index contributed by atoms with van der Waals surface area (Å²) in [5.74, 6) is 0.990. The van der Waals surface area contributed by atoms with Crippen molar-refractivity contribution >= 4 is 21.4 Å². The van der Waals surface area contributed by atoms with Gasteiger partial charge in [0.1, 0.15) is 9.84 Å². The standard InChI is InChI=1S/C7H13ClO3S/c1-12(9,10)5-7-4-11-3-6(7)2-8/h6-7H,2-5H2,1H3/t6-,7-/m0/s1. The second-order valence-corrected chi connectivity index (χ2v) is 5.80. The lowest BCUT2D eigenvalue weighted by Gasteiger charge is -2.12. The summed E-state index contributed by atoms with van der Waals surface area (Å²) in [7, 11) is -2.89. The van der Waals surface area contributed by atoms with E-state index in [0.717, 1.165) is 0 Å². The van der Waals surface area contributed by atoms with Gasteiger partial charge >= 0.3 is 0 Å². The van der Waals surface area contributed by atoms with E-state index >= 15 is 0 Å². The minimum absolute atomic E-state index is 0.0949. The molecule has 0 saturated carbocycles. The molecule has 0 amide bonds. The molecular weight excluding hydrogens is 200 g/mol. The summed E-state index contributed by atoms with van der Waals surface area (Å²) in [4.78, 5) is 0. The molecule has 72 valence electrons. The van der Waals surface area contributed by atoms with E-state index in [-0.39, 0.29) is 17.6 Å². The van der Waals surface area contributed by atoms with Crippen LogP contribution >= 0.6 is 11.6 Å². The summed E-state index contributed by atoms with van der Waals surface area (Å²) >= 11 is 5.66. The quantitative estimate of drug-likeness (QED) is 0.642. The van der Waals surface area contributed by atoms with E-state index in [1.165, 1.54) is 6.26 Å². The Bertz CT molecular complexity index is 237.